The van der Waals surface area contributed by atoms with Gasteiger partial charge in [0.1, 0.15) is 0 Å². The van der Waals surface area contributed by atoms with E-state index in [9.17, 15) is 4.79 Å². The third kappa shape index (κ3) is 5.89. The Hall–Kier alpha value is -0.860. The summed E-state index contributed by atoms with van der Waals surface area (Å²) in [5.41, 5.74) is 2.62. The van der Waals surface area contributed by atoms with Crippen molar-refractivity contribution in [3.05, 3.63) is 0 Å². The second-order valence-corrected chi connectivity index (χ2v) is 4.67. The first kappa shape index (κ1) is 13.2. The van der Waals surface area contributed by atoms with E-state index in [4.69, 9.17) is 0 Å². The van der Waals surface area contributed by atoms with Crippen LogP contribution in [0, 0.1) is 5.92 Å². The number of hydrogen-bond donors (Lipinski definition) is 1. The Morgan fingerprint density at radius 2 is 2.06 bits per heavy atom. The fourth-order valence-electron chi connectivity index (χ4n) is 2.09. The molecule has 0 aromatic rings. The predicted octanol–water partition coefficient (Wildman–Crippen LogP) is 3.25. The second-order valence-electron chi connectivity index (χ2n) is 4.67. The molecule has 0 aromatic carbocycles. The fraction of sp³-hybridized carbons (Fsp3) is 0.846. The lowest BCUT2D eigenvalue weighted by molar-refractivity contribution is -0.121. The van der Waals surface area contributed by atoms with Gasteiger partial charge in [-0.15, -0.1) is 0 Å². The van der Waals surface area contributed by atoms with Crippen molar-refractivity contribution < 1.29 is 4.79 Å². The predicted molar refractivity (Wildman–Crippen MR) is 67.4 cm³/mol. The standard InChI is InChI=1S/C13H24N2O/c1-2-3-5-10-13(16)15-14-11-12-8-6-4-7-9-12/h11-12H,2-10H2,1H3,(H,15,16)/b14-11+. The van der Waals surface area contributed by atoms with Crippen molar-refractivity contribution in [2.45, 2.75) is 64.7 Å². The fourth-order valence-corrected chi connectivity index (χ4v) is 2.09. The smallest absolute Gasteiger partial charge is 0.240 e. The van der Waals surface area contributed by atoms with E-state index in [1.807, 2.05) is 6.21 Å². The zero-order valence-electron chi connectivity index (χ0n) is 10.4. The van der Waals surface area contributed by atoms with Gasteiger partial charge in [-0.05, 0) is 25.2 Å². The van der Waals surface area contributed by atoms with Gasteiger partial charge in [-0.25, -0.2) is 5.43 Å². The van der Waals surface area contributed by atoms with Crippen LogP contribution in [0.5, 0.6) is 0 Å². The Balaban J connectivity index is 2.07. The summed E-state index contributed by atoms with van der Waals surface area (Å²) < 4.78 is 0. The van der Waals surface area contributed by atoms with Crippen molar-refractivity contribution in [3.63, 3.8) is 0 Å². The van der Waals surface area contributed by atoms with Crippen molar-refractivity contribution in [2.75, 3.05) is 0 Å². The summed E-state index contributed by atoms with van der Waals surface area (Å²) >= 11 is 0. The number of unbranched alkanes of at least 4 members (excludes halogenated alkanes) is 2. The molecule has 0 radical (unpaired) electrons. The molecule has 0 spiro atoms. The van der Waals surface area contributed by atoms with E-state index in [-0.39, 0.29) is 5.91 Å². The van der Waals surface area contributed by atoms with Crippen LogP contribution in [-0.4, -0.2) is 12.1 Å². The van der Waals surface area contributed by atoms with Crippen LogP contribution in [-0.2, 0) is 4.79 Å². The highest BCUT2D eigenvalue weighted by molar-refractivity contribution is 5.76. The summed E-state index contributed by atoms with van der Waals surface area (Å²) in [4.78, 5) is 11.3. The van der Waals surface area contributed by atoms with Crippen molar-refractivity contribution in [3.8, 4) is 0 Å². The normalized spacial score (nSPS) is 17.8. The molecule has 0 bridgehead atoms. The molecule has 0 saturated heterocycles. The number of carbonyl (C=O) groups is 1. The van der Waals surface area contributed by atoms with E-state index in [0.717, 1.165) is 19.3 Å². The van der Waals surface area contributed by atoms with Gasteiger partial charge >= 0.3 is 0 Å². The lowest BCUT2D eigenvalue weighted by Crippen LogP contribution is -2.18. The van der Waals surface area contributed by atoms with Crippen LogP contribution < -0.4 is 5.43 Å². The maximum atomic E-state index is 11.3. The number of amides is 1. The first-order valence-corrected chi connectivity index (χ1v) is 6.65. The number of nitrogens with one attached hydrogen (secondary N) is 1. The monoisotopic (exact) mass is 224 g/mol. The molecule has 3 nitrogen and oxygen atoms in total. The van der Waals surface area contributed by atoms with Gasteiger partial charge in [-0.3, -0.25) is 4.79 Å². The summed E-state index contributed by atoms with van der Waals surface area (Å²) in [6.07, 6.45) is 12.2. The minimum absolute atomic E-state index is 0.0560. The molecule has 1 amide bonds. The van der Waals surface area contributed by atoms with Crippen LogP contribution in [0.25, 0.3) is 0 Å². The first-order chi connectivity index (χ1) is 7.83. The SMILES string of the molecule is CCCCCC(=O)N/N=C/C1CCCCC1. The van der Waals surface area contributed by atoms with E-state index in [1.165, 1.54) is 32.1 Å². The average Bonchev–Trinajstić information content (AvgIpc) is 2.31. The number of hydrazone groups is 1. The van der Waals surface area contributed by atoms with Gasteiger partial charge in [0, 0.05) is 12.6 Å². The van der Waals surface area contributed by atoms with Crippen molar-refractivity contribution >= 4 is 12.1 Å². The molecule has 16 heavy (non-hydrogen) atoms. The molecule has 1 aliphatic carbocycles. The minimum Gasteiger partial charge on any atom is -0.273 e. The van der Waals surface area contributed by atoms with Crippen molar-refractivity contribution in [1.29, 1.82) is 0 Å². The maximum absolute atomic E-state index is 11.3. The molecule has 0 aromatic heterocycles. The van der Waals surface area contributed by atoms with E-state index in [1.54, 1.807) is 0 Å². The topological polar surface area (TPSA) is 41.5 Å². The van der Waals surface area contributed by atoms with Crippen LogP contribution in [0.15, 0.2) is 5.10 Å². The van der Waals surface area contributed by atoms with Gasteiger partial charge in [0.15, 0.2) is 0 Å². The Kier molecular flexibility index (Phi) is 6.86. The number of hydrogen-bond acceptors (Lipinski definition) is 2. The van der Waals surface area contributed by atoms with Crippen LogP contribution in [0.4, 0.5) is 0 Å². The summed E-state index contributed by atoms with van der Waals surface area (Å²) in [6.45, 7) is 2.14. The second kappa shape index (κ2) is 8.31. The molecule has 3 heteroatoms. The zero-order chi connectivity index (χ0) is 11.6. The Labute approximate surface area is 98.7 Å². The molecular weight excluding hydrogens is 200 g/mol. The largest absolute Gasteiger partial charge is 0.273 e. The van der Waals surface area contributed by atoms with E-state index < -0.39 is 0 Å². The summed E-state index contributed by atoms with van der Waals surface area (Å²) in [5, 5.41) is 4.05. The van der Waals surface area contributed by atoms with Gasteiger partial charge in [0.25, 0.3) is 0 Å². The van der Waals surface area contributed by atoms with Crippen LogP contribution >= 0.6 is 0 Å². The highest BCUT2D eigenvalue weighted by Crippen LogP contribution is 2.21. The highest BCUT2D eigenvalue weighted by Gasteiger charge is 2.10. The number of carbonyl (C=O) groups excluding carboxylic acids is 1. The third-order valence-electron chi connectivity index (χ3n) is 3.13. The van der Waals surface area contributed by atoms with Gasteiger partial charge in [0.2, 0.25) is 5.91 Å². The van der Waals surface area contributed by atoms with E-state index >= 15 is 0 Å². The summed E-state index contributed by atoms with van der Waals surface area (Å²) in [7, 11) is 0. The summed E-state index contributed by atoms with van der Waals surface area (Å²) in [6, 6.07) is 0. The third-order valence-corrected chi connectivity index (χ3v) is 3.13. The molecule has 1 N–H and O–H groups in total. The summed E-state index contributed by atoms with van der Waals surface area (Å²) in [5.74, 6) is 0.644. The average molecular weight is 224 g/mol. The number of rotatable bonds is 6. The Morgan fingerprint density at radius 1 is 1.31 bits per heavy atom. The van der Waals surface area contributed by atoms with E-state index in [2.05, 4.69) is 17.5 Å². The molecule has 0 unspecified atom stereocenters. The molecule has 92 valence electrons. The Morgan fingerprint density at radius 3 is 2.75 bits per heavy atom. The molecule has 1 saturated carbocycles. The first-order valence-electron chi connectivity index (χ1n) is 6.65. The van der Waals surface area contributed by atoms with E-state index in [0.29, 0.717) is 12.3 Å². The molecular formula is C13H24N2O. The molecule has 1 rings (SSSR count). The molecule has 1 aliphatic rings. The van der Waals surface area contributed by atoms with Crippen molar-refractivity contribution in [1.82, 2.24) is 5.43 Å². The maximum Gasteiger partial charge on any atom is 0.240 e. The van der Waals surface area contributed by atoms with Gasteiger partial charge in [-0.1, -0.05) is 39.0 Å². The lowest BCUT2D eigenvalue weighted by atomic mass is 9.90. The van der Waals surface area contributed by atoms with Crippen LogP contribution in [0.1, 0.15) is 64.7 Å². The molecule has 0 heterocycles. The molecule has 1 fully saturated rings. The van der Waals surface area contributed by atoms with Crippen LogP contribution in [0.2, 0.25) is 0 Å². The van der Waals surface area contributed by atoms with Crippen molar-refractivity contribution in [2.24, 2.45) is 11.0 Å². The van der Waals surface area contributed by atoms with Crippen LogP contribution in [0.3, 0.4) is 0 Å². The quantitative estimate of drug-likeness (QED) is 0.420. The van der Waals surface area contributed by atoms with Gasteiger partial charge in [0.05, 0.1) is 0 Å². The molecule has 0 atom stereocenters. The number of nitrogens with zero attached hydrogens (tertiary/aromatic N) is 1. The zero-order valence-corrected chi connectivity index (χ0v) is 10.4. The highest BCUT2D eigenvalue weighted by atomic mass is 16.2. The Bertz CT molecular complexity index is 220. The molecule has 0 aliphatic heterocycles. The lowest BCUT2D eigenvalue weighted by Gasteiger charge is -2.16. The van der Waals surface area contributed by atoms with Gasteiger partial charge in [-0.2, -0.15) is 5.10 Å². The van der Waals surface area contributed by atoms with Gasteiger partial charge < -0.3 is 0 Å². The minimum atomic E-state index is 0.0560.